The van der Waals surface area contributed by atoms with Gasteiger partial charge in [-0.15, -0.1) is 10.2 Å². The van der Waals surface area contributed by atoms with E-state index in [1.54, 1.807) is 18.2 Å². The Bertz CT molecular complexity index is 1120. The molecule has 0 saturated heterocycles. The summed E-state index contributed by atoms with van der Waals surface area (Å²) in [6, 6.07) is 13.0. The van der Waals surface area contributed by atoms with Gasteiger partial charge in [-0.2, -0.15) is 5.10 Å². The standard InChI is InChI=1S/C20H17ClN6O2/c1-13-5-7-14(8-6-13)20-26-25-18(29-20)10-9-17(28)24-16-4-2-3-15(21)19(16)27-12-22-11-23-27/h2-8,11-12H,9-10H2,1H3,(H,24,28). The maximum absolute atomic E-state index is 12.4. The van der Waals surface area contributed by atoms with E-state index in [-0.39, 0.29) is 12.3 Å². The van der Waals surface area contributed by atoms with Gasteiger partial charge in [0.15, 0.2) is 0 Å². The van der Waals surface area contributed by atoms with E-state index >= 15 is 0 Å². The normalized spacial score (nSPS) is 10.8. The Balaban J connectivity index is 1.42. The lowest BCUT2D eigenvalue weighted by Crippen LogP contribution is -2.14. The third-order valence-corrected chi connectivity index (χ3v) is 4.55. The number of aromatic nitrogens is 5. The van der Waals surface area contributed by atoms with Gasteiger partial charge in [-0.1, -0.05) is 35.4 Å². The Morgan fingerprint density at radius 3 is 2.76 bits per heavy atom. The summed E-state index contributed by atoms with van der Waals surface area (Å²) in [5, 5.41) is 15.5. The maximum atomic E-state index is 12.4. The van der Waals surface area contributed by atoms with Gasteiger partial charge in [-0.25, -0.2) is 9.67 Å². The SMILES string of the molecule is Cc1ccc(-c2nnc(CCC(=O)Nc3cccc(Cl)c3-n3cncn3)o2)cc1. The zero-order valence-electron chi connectivity index (χ0n) is 15.5. The van der Waals surface area contributed by atoms with Crippen LogP contribution in [-0.2, 0) is 11.2 Å². The predicted molar refractivity (Wildman–Crippen MR) is 108 cm³/mol. The zero-order valence-corrected chi connectivity index (χ0v) is 16.3. The van der Waals surface area contributed by atoms with E-state index in [1.807, 2.05) is 31.2 Å². The van der Waals surface area contributed by atoms with Gasteiger partial charge in [-0.3, -0.25) is 4.79 Å². The van der Waals surface area contributed by atoms with Crippen molar-refractivity contribution in [2.24, 2.45) is 0 Å². The molecule has 0 radical (unpaired) electrons. The number of para-hydroxylation sites is 1. The van der Waals surface area contributed by atoms with Crippen molar-refractivity contribution in [1.82, 2.24) is 25.0 Å². The van der Waals surface area contributed by atoms with Crippen molar-refractivity contribution in [2.45, 2.75) is 19.8 Å². The monoisotopic (exact) mass is 408 g/mol. The van der Waals surface area contributed by atoms with Crippen molar-refractivity contribution in [3.8, 4) is 17.1 Å². The van der Waals surface area contributed by atoms with Crippen molar-refractivity contribution in [1.29, 1.82) is 0 Å². The van der Waals surface area contributed by atoms with Crippen molar-refractivity contribution in [2.75, 3.05) is 5.32 Å². The van der Waals surface area contributed by atoms with Gasteiger partial charge < -0.3 is 9.73 Å². The molecule has 8 nitrogen and oxygen atoms in total. The number of aryl methyl sites for hydroxylation is 2. The van der Waals surface area contributed by atoms with E-state index in [4.69, 9.17) is 16.0 Å². The molecule has 0 aliphatic carbocycles. The lowest BCUT2D eigenvalue weighted by atomic mass is 10.1. The number of anilines is 1. The van der Waals surface area contributed by atoms with Crippen LogP contribution in [0.2, 0.25) is 5.02 Å². The van der Waals surface area contributed by atoms with Crippen LogP contribution < -0.4 is 5.32 Å². The van der Waals surface area contributed by atoms with E-state index in [2.05, 4.69) is 25.6 Å². The smallest absolute Gasteiger partial charge is 0.247 e. The Labute approximate surface area is 171 Å². The summed E-state index contributed by atoms with van der Waals surface area (Å²) in [6.07, 6.45) is 3.42. The third kappa shape index (κ3) is 4.33. The quantitative estimate of drug-likeness (QED) is 0.520. The molecule has 9 heteroatoms. The maximum Gasteiger partial charge on any atom is 0.247 e. The van der Waals surface area contributed by atoms with E-state index in [0.29, 0.717) is 34.6 Å². The van der Waals surface area contributed by atoms with Crippen LogP contribution in [0.4, 0.5) is 5.69 Å². The van der Waals surface area contributed by atoms with Crippen LogP contribution in [-0.4, -0.2) is 30.9 Å². The van der Waals surface area contributed by atoms with Crippen molar-refractivity contribution in [3.05, 3.63) is 71.6 Å². The molecule has 2 aromatic carbocycles. The van der Waals surface area contributed by atoms with E-state index in [0.717, 1.165) is 11.1 Å². The average molecular weight is 409 g/mol. The van der Waals surface area contributed by atoms with Gasteiger partial charge in [0, 0.05) is 18.4 Å². The fourth-order valence-electron chi connectivity index (χ4n) is 2.77. The number of halogens is 1. The first-order chi connectivity index (χ1) is 14.1. The summed E-state index contributed by atoms with van der Waals surface area (Å²) in [4.78, 5) is 16.4. The first-order valence-electron chi connectivity index (χ1n) is 8.93. The van der Waals surface area contributed by atoms with Crippen LogP contribution in [0, 0.1) is 6.92 Å². The summed E-state index contributed by atoms with van der Waals surface area (Å²) in [5.41, 5.74) is 3.09. The second kappa shape index (κ2) is 8.24. The van der Waals surface area contributed by atoms with Gasteiger partial charge in [0.05, 0.1) is 10.7 Å². The number of hydrogen-bond acceptors (Lipinski definition) is 6. The number of amides is 1. The first kappa shape index (κ1) is 18.8. The number of hydrogen-bond donors (Lipinski definition) is 1. The molecule has 2 aromatic heterocycles. The Morgan fingerprint density at radius 1 is 1.17 bits per heavy atom. The van der Waals surface area contributed by atoms with Crippen LogP contribution in [0.15, 0.2) is 59.5 Å². The second-order valence-electron chi connectivity index (χ2n) is 6.39. The Hall–Kier alpha value is -3.52. The number of nitrogens with one attached hydrogen (secondary N) is 1. The molecule has 0 atom stereocenters. The minimum absolute atomic E-state index is 0.179. The summed E-state index contributed by atoms with van der Waals surface area (Å²) >= 11 is 6.27. The molecular weight excluding hydrogens is 392 g/mol. The Kier molecular flexibility index (Phi) is 5.35. The highest BCUT2D eigenvalue weighted by Gasteiger charge is 2.14. The zero-order chi connectivity index (χ0) is 20.2. The number of rotatable bonds is 6. The predicted octanol–water partition coefficient (Wildman–Crippen LogP) is 3.85. The molecule has 0 fully saturated rings. The summed E-state index contributed by atoms with van der Waals surface area (Å²) in [7, 11) is 0. The van der Waals surface area contributed by atoms with Crippen LogP contribution in [0.1, 0.15) is 17.9 Å². The number of nitrogens with zero attached hydrogens (tertiary/aromatic N) is 5. The fraction of sp³-hybridized carbons (Fsp3) is 0.150. The largest absolute Gasteiger partial charge is 0.421 e. The van der Waals surface area contributed by atoms with Crippen LogP contribution in [0.5, 0.6) is 0 Å². The van der Waals surface area contributed by atoms with Crippen LogP contribution in [0.3, 0.4) is 0 Å². The molecule has 0 saturated carbocycles. The van der Waals surface area contributed by atoms with E-state index in [1.165, 1.54) is 17.3 Å². The van der Waals surface area contributed by atoms with Gasteiger partial charge in [0.1, 0.15) is 18.3 Å². The van der Waals surface area contributed by atoms with Gasteiger partial charge in [0.25, 0.3) is 0 Å². The molecule has 0 aliphatic heterocycles. The highest BCUT2D eigenvalue weighted by molar-refractivity contribution is 6.33. The second-order valence-corrected chi connectivity index (χ2v) is 6.80. The van der Waals surface area contributed by atoms with Crippen LogP contribution in [0.25, 0.3) is 17.1 Å². The minimum atomic E-state index is -0.205. The molecule has 0 bridgehead atoms. The van der Waals surface area contributed by atoms with Gasteiger partial charge >= 0.3 is 0 Å². The molecule has 1 N–H and O–H groups in total. The molecule has 0 aliphatic rings. The van der Waals surface area contributed by atoms with Crippen molar-refractivity contribution in [3.63, 3.8) is 0 Å². The van der Waals surface area contributed by atoms with Crippen molar-refractivity contribution >= 4 is 23.2 Å². The summed E-state index contributed by atoms with van der Waals surface area (Å²) in [5.74, 6) is 0.630. The Morgan fingerprint density at radius 2 is 2.00 bits per heavy atom. The lowest BCUT2D eigenvalue weighted by Gasteiger charge is -2.12. The first-order valence-corrected chi connectivity index (χ1v) is 9.31. The highest BCUT2D eigenvalue weighted by atomic mass is 35.5. The molecule has 0 unspecified atom stereocenters. The molecular formula is C20H17ClN6O2. The molecule has 2 heterocycles. The topological polar surface area (TPSA) is 98.7 Å². The molecule has 0 spiro atoms. The fourth-order valence-corrected chi connectivity index (χ4v) is 3.03. The van der Waals surface area contributed by atoms with Crippen LogP contribution >= 0.6 is 11.6 Å². The van der Waals surface area contributed by atoms with E-state index in [9.17, 15) is 4.79 Å². The number of carbonyl (C=O) groups is 1. The van der Waals surface area contributed by atoms with E-state index < -0.39 is 0 Å². The third-order valence-electron chi connectivity index (χ3n) is 4.24. The lowest BCUT2D eigenvalue weighted by molar-refractivity contribution is -0.116. The van der Waals surface area contributed by atoms with Gasteiger partial charge in [-0.05, 0) is 31.2 Å². The van der Waals surface area contributed by atoms with Gasteiger partial charge in [0.2, 0.25) is 17.7 Å². The number of benzene rings is 2. The molecule has 146 valence electrons. The van der Waals surface area contributed by atoms with Crippen molar-refractivity contribution < 1.29 is 9.21 Å². The minimum Gasteiger partial charge on any atom is -0.421 e. The average Bonchev–Trinajstić information content (AvgIpc) is 3.39. The molecule has 4 rings (SSSR count). The molecule has 1 amide bonds. The molecule has 29 heavy (non-hydrogen) atoms. The summed E-state index contributed by atoms with van der Waals surface area (Å²) < 4.78 is 7.17. The molecule has 4 aromatic rings. The number of carbonyl (C=O) groups excluding carboxylic acids is 1. The highest BCUT2D eigenvalue weighted by Crippen LogP contribution is 2.28. The summed E-state index contributed by atoms with van der Waals surface area (Å²) in [6.45, 7) is 2.01.